The van der Waals surface area contributed by atoms with Crippen LogP contribution in [0.25, 0.3) is 0 Å². The number of hydrogen-bond acceptors (Lipinski definition) is 5. The first-order valence-corrected chi connectivity index (χ1v) is 12.9. The van der Waals surface area contributed by atoms with Gasteiger partial charge in [0.2, 0.25) is 11.8 Å². The number of halogens is 8. The number of alkyl halides is 6. The second-order valence-corrected chi connectivity index (χ2v) is 10.6. The fraction of sp³-hybridized carbons (Fsp3) is 0.250. The molecular weight excluding hydrogens is 613 g/mol. The summed E-state index contributed by atoms with van der Waals surface area (Å²) in [6, 6.07) is 9.54. The Labute approximate surface area is 244 Å². The highest BCUT2D eigenvalue weighted by Gasteiger charge is 2.68. The lowest BCUT2D eigenvalue weighted by Gasteiger charge is -2.36. The third kappa shape index (κ3) is 4.71. The van der Waals surface area contributed by atoms with Gasteiger partial charge in [0, 0.05) is 5.02 Å². The number of benzene rings is 3. The van der Waals surface area contributed by atoms with E-state index in [1.165, 1.54) is 18.2 Å². The quantitative estimate of drug-likeness (QED) is 0.210. The van der Waals surface area contributed by atoms with Gasteiger partial charge in [0.15, 0.2) is 0 Å². The first-order chi connectivity index (χ1) is 19.6. The molecular formula is C28H18Cl2F6N2O4. The molecule has 2 aliphatic heterocycles. The lowest BCUT2D eigenvalue weighted by Crippen LogP contribution is -2.52. The molecule has 0 unspecified atom stereocenters. The van der Waals surface area contributed by atoms with Crippen molar-refractivity contribution in [3.05, 3.63) is 99.0 Å². The third-order valence-electron chi connectivity index (χ3n) is 7.50. The summed E-state index contributed by atoms with van der Waals surface area (Å²) in [5, 5.41) is 3.02. The Morgan fingerprint density at radius 2 is 1.33 bits per heavy atom. The van der Waals surface area contributed by atoms with Crippen molar-refractivity contribution >= 4 is 46.7 Å². The molecule has 2 amide bonds. The van der Waals surface area contributed by atoms with E-state index >= 15 is 0 Å². The van der Waals surface area contributed by atoms with Gasteiger partial charge in [0.1, 0.15) is 6.04 Å². The molecule has 2 aliphatic rings. The van der Waals surface area contributed by atoms with E-state index in [1.807, 2.05) is 0 Å². The number of methoxy groups -OCH3 is 1. The summed E-state index contributed by atoms with van der Waals surface area (Å²) in [4.78, 5) is 41.7. The number of hydrogen-bond donors (Lipinski definition) is 1. The Morgan fingerprint density at radius 1 is 0.833 bits per heavy atom. The fourth-order valence-corrected chi connectivity index (χ4v) is 6.17. The summed E-state index contributed by atoms with van der Waals surface area (Å²) in [5.74, 6) is -5.74. The predicted molar refractivity (Wildman–Crippen MR) is 139 cm³/mol. The van der Waals surface area contributed by atoms with E-state index in [-0.39, 0.29) is 26.9 Å². The zero-order valence-electron chi connectivity index (χ0n) is 21.2. The van der Waals surface area contributed by atoms with Crippen LogP contribution in [0, 0.1) is 11.8 Å². The summed E-state index contributed by atoms with van der Waals surface area (Å²) in [5.41, 5.74) is -4.10. The Morgan fingerprint density at radius 3 is 1.76 bits per heavy atom. The third-order valence-corrected chi connectivity index (χ3v) is 8.04. The van der Waals surface area contributed by atoms with Gasteiger partial charge in [-0.2, -0.15) is 26.3 Å². The maximum absolute atomic E-state index is 14.2. The van der Waals surface area contributed by atoms with E-state index in [0.717, 1.165) is 60.5 Å². The highest BCUT2D eigenvalue weighted by molar-refractivity contribution is 6.38. The second-order valence-electron chi connectivity index (χ2n) is 9.71. The summed E-state index contributed by atoms with van der Waals surface area (Å²) >= 11 is 12.3. The van der Waals surface area contributed by atoms with Crippen LogP contribution in [0.1, 0.15) is 22.3 Å². The Kier molecular flexibility index (Phi) is 7.31. The van der Waals surface area contributed by atoms with Gasteiger partial charge in [-0.15, -0.1) is 0 Å². The lowest BCUT2D eigenvalue weighted by molar-refractivity contribution is -0.145. The summed E-state index contributed by atoms with van der Waals surface area (Å²) in [6.07, 6.45) is -9.44. The molecule has 42 heavy (non-hydrogen) atoms. The number of imide groups is 1. The van der Waals surface area contributed by atoms with Crippen LogP contribution in [0.5, 0.6) is 0 Å². The average Bonchev–Trinajstić information content (AvgIpc) is 3.42. The average molecular weight is 631 g/mol. The van der Waals surface area contributed by atoms with E-state index in [9.17, 15) is 40.7 Å². The van der Waals surface area contributed by atoms with E-state index < -0.39 is 64.7 Å². The molecule has 0 aliphatic carbocycles. The van der Waals surface area contributed by atoms with E-state index in [4.69, 9.17) is 27.9 Å². The number of esters is 1. The number of nitrogens with zero attached hydrogens (tertiary/aromatic N) is 1. The van der Waals surface area contributed by atoms with Crippen LogP contribution >= 0.6 is 23.2 Å². The number of anilines is 1. The van der Waals surface area contributed by atoms with Crippen LogP contribution in [0.2, 0.25) is 10.0 Å². The monoisotopic (exact) mass is 630 g/mol. The van der Waals surface area contributed by atoms with Crippen molar-refractivity contribution in [1.29, 1.82) is 0 Å². The first kappa shape index (κ1) is 29.9. The molecule has 2 fully saturated rings. The summed E-state index contributed by atoms with van der Waals surface area (Å²) < 4.78 is 85.3. The molecule has 0 bridgehead atoms. The molecule has 5 rings (SSSR count). The van der Waals surface area contributed by atoms with E-state index in [0.29, 0.717) is 0 Å². The van der Waals surface area contributed by atoms with E-state index in [2.05, 4.69) is 5.32 Å². The van der Waals surface area contributed by atoms with Gasteiger partial charge in [0.05, 0.1) is 46.3 Å². The minimum absolute atomic E-state index is 0.0122. The fourth-order valence-electron chi connectivity index (χ4n) is 5.68. The van der Waals surface area contributed by atoms with Gasteiger partial charge < -0.3 is 4.74 Å². The molecule has 3 atom stereocenters. The van der Waals surface area contributed by atoms with Gasteiger partial charge in [-0.25, -0.2) is 4.90 Å². The standard InChI is InChI=1S/C28H18Cl2F6N2O4/c1-42-25(41)22-20-21(24(40)38(23(20)39)19-11-10-17(29)12-18(19)30)26(37-22,13-2-6-15(7-3-13)27(31,32)33)14-4-8-16(9-5-14)28(34,35)36/h2-12,20-22,37H,1H3/t20-,21+,22-/m1/s1. The molecule has 3 aromatic carbocycles. The van der Waals surface area contributed by atoms with Crippen molar-refractivity contribution in [1.82, 2.24) is 5.32 Å². The van der Waals surface area contributed by atoms with Crippen LogP contribution in [0.3, 0.4) is 0 Å². The van der Waals surface area contributed by atoms with Gasteiger partial charge in [-0.3, -0.25) is 19.7 Å². The number of nitrogens with one attached hydrogen (secondary N) is 1. The molecule has 2 saturated heterocycles. The van der Waals surface area contributed by atoms with E-state index in [1.54, 1.807) is 0 Å². The summed E-state index contributed by atoms with van der Waals surface area (Å²) in [6.45, 7) is 0. The number of amides is 2. The van der Waals surface area contributed by atoms with Crippen LogP contribution in [-0.4, -0.2) is 30.9 Å². The van der Waals surface area contributed by atoms with Crippen LogP contribution < -0.4 is 10.2 Å². The highest BCUT2D eigenvalue weighted by Crippen LogP contribution is 2.53. The highest BCUT2D eigenvalue weighted by atomic mass is 35.5. The number of carbonyl (C=O) groups is 3. The molecule has 3 aromatic rings. The Bertz CT molecular complexity index is 1520. The maximum atomic E-state index is 14.2. The van der Waals surface area contributed by atoms with Crippen molar-refractivity contribution in [3.8, 4) is 0 Å². The van der Waals surface area contributed by atoms with Crippen LogP contribution in [-0.2, 0) is 37.0 Å². The molecule has 14 heteroatoms. The maximum Gasteiger partial charge on any atom is 0.416 e. The van der Waals surface area contributed by atoms with Crippen LogP contribution in [0.15, 0.2) is 66.7 Å². The van der Waals surface area contributed by atoms with Crippen molar-refractivity contribution in [2.45, 2.75) is 23.9 Å². The van der Waals surface area contributed by atoms with Gasteiger partial charge in [-0.1, -0.05) is 47.5 Å². The molecule has 6 nitrogen and oxygen atoms in total. The number of carbonyl (C=O) groups excluding carboxylic acids is 3. The molecule has 220 valence electrons. The first-order valence-electron chi connectivity index (χ1n) is 12.1. The molecule has 0 saturated carbocycles. The van der Waals surface area contributed by atoms with Gasteiger partial charge in [-0.05, 0) is 53.6 Å². The number of rotatable bonds is 4. The zero-order chi connectivity index (χ0) is 30.8. The van der Waals surface area contributed by atoms with Gasteiger partial charge >= 0.3 is 18.3 Å². The molecule has 2 heterocycles. The van der Waals surface area contributed by atoms with Gasteiger partial charge in [0.25, 0.3) is 0 Å². The molecule has 0 aromatic heterocycles. The number of ether oxygens (including phenoxy) is 1. The van der Waals surface area contributed by atoms with Crippen molar-refractivity contribution in [2.75, 3.05) is 12.0 Å². The molecule has 1 N–H and O–H groups in total. The van der Waals surface area contributed by atoms with Crippen molar-refractivity contribution in [3.63, 3.8) is 0 Å². The second kappa shape index (κ2) is 10.3. The summed E-state index contributed by atoms with van der Waals surface area (Å²) in [7, 11) is 1.03. The van der Waals surface area contributed by atoms with Crippen molar-refractivity contribution < 1.29 is 45.5 Å². The predicted octanol–water partition coefficient (Wildman–Crippen LogP) is 6.23. The lowest BCUT2D eigenvalue weighted by atomic mass is 9.71. The normalized spacial score (nSPS) is 21.9. The topological polar surface area (TPSA) is 75.7 Å². The van der Waals surface area contributed by atoms with Crippen molar-refractivity contribution in [2.24, 2.45) is 11.8 Å². The smallest absolute Gasteiger partial charge is 0.416 e. The SMILES string of the molecule is COC(=O)[C@@H]1NC(c2ccc(C(F)(F)F)cc2)(c2ccc(C(F)(F)F)cc2)[C@@H]2C(=O)N(c3ccc(Cl)cc3Cl)C(=O)[C@H]21. The zero-order valence-corrected chi connectivity index (χ0v) is 22.7. The Balaban J connectivity index is 1.76. The largest absolute Gasteiger partial charge is 0.468 e. The minimum atomic E-state index is -4.72. The molecule has 0 spiro atoms. The number of fused-ring (bicyclic) bond motifs is 1. The minimum Gasteiger partial charge on any atom is -0.468 e. The van der Waals surface area contributed by atoms with Crippen LogP contribution in [0.4, 0.5) is 32.0 Å². The molecule has 0 radical (unpaired) electrons. The Hall–Kier alpha value is -3.61.